The van der Waals surface area contributed by atoms with Crippen LogP contribution in [0.15, 0.2) is 67.3 Å². The Bertz CT molecular complexity index is 870. The smallest absolute Gasteiger partial charge is 0.337 e. The van der Waals surface area contributed by atoms with Gasteiger partial charge in [-0.3, -0.25) is 9.59 Å². The number of carbonyl (C=O) groups is 3. The van der Waals surface area contributed by atoms with E-state index in [1.807, 2.05) is 0 Å². The highest BCUT2D eigenvalue weighted by Gasteiger charge is 2.11. The van der Waals surface area contributed by atoms with Crippen molar-refractivity contribution in [3.8, 4) is 0 Å². The van der Waals surface area contributed by atoms with Gasteiger partial charge >= 0.3 is 5.97 Å². The van der Waals surface area contributed by atoms with Gasteiger partial charge in [0.25, 0.3) is 5.91 Å². The van der Waals surface area contributed by atoms with Crippen LogP contribution in [0.2, 0.25) is 0 Å². The molecule has 0 atom stereocenters. The van der Waals surface area contributed by atoms with E-state index < -0.39 is 5.97 Å². The number of hydrogen-bond donors (Lipinski definition) is 2. The Balaban J connectivity index is 2.05. The molecule has 6 heteroatoms. The third-order valence-electron chi connectivity index (χ3n) is 3.60. The predicted molar refractivity (Wildman–Crippen MR) is 104 cm³/mol. The van der Waals surface area contributed by atoms with E-state index in [1.165, 1.54) is 13.2 Å². The van der Waals surface area contributed by atoms with Crippen LogP contribution < -0.4 is 10.6 Å². The number of anilines is 1. The summed E-state index contributed by atoms with van der Waals surface area (Å²) in [4.78, 5) is 35.7. The lowest BCUT2D eigenvalue weighted by Gasteiger charge is -2.09. The first-order valence-electron chi connectivity index (χ1n) is 8.20. The van der Waals surface area contributed by atoms with E-state index in [9.17, 15) is 14.4 Å². The Morgan fingerprint density at radius 1 is 1.07 bits per heavy atom. The summed E-state index contributed by atoms with van der Waals surface area (Å²) in [5.41, 5.74) is 1.95. The number of esters is 1. The van der Waals surface area contributed by atoms with Crippen LogP contribution >= 0.6 is 0 Å². The van der Waals surface area contributed by atoms with Gasteiger partial charge in [-0.05, 0) is 35.9 Å². The van der Waals surface area contributed by atoms with Crippen molar-refractivity contribution < 1.29 is 19.1 Å². The highest BCUT2D eigenvalue weighted by Crippen LogP contribution is 2.15. The molecule has 2 rings (SSSR count). The first kappa shape index (κ1) is 19.7. The number of ether oxygens (including phenoxy) is 1. The average Bonchev–Trinajstić information content (AvgIpc) is 2.70. The van der Waals surface area contributed by atoms with Gasteiger partial charge in [-0.1, -0.05) is 30.3 Å². The van der Waals surface area contributed by atoms with Crippen LogP contribution in [0.1, 0.15) is 26.3 Å². The summed E-state index contributed by atoms with van der Waals surface area (Å²) < 4.78 is 4.64. The lowest BCUT2D eigenvalue weighted by Crippen LogP contribution is -2.24. The number of nitrogens with one attached hydrogen (secondary N) is 2. The molecule has 0 aromatic heterocycles. The summed E-state index contributed by atoms with van der Waals surface area (Å²) >= 11 is 0. The third-order valence-corrected chi connectivity index (χ3v) is 3.60. The standard InChI is InChI=1S/C21H20N2O4/c1-3-14-22-20(25)17-6-4-5-7-18(17)23-19(24)13-10-15-8-11-16(12-9-15)21(26)27-2/h3-13H,1,14H2,2H3,(H,22,25)(H,23,24)/b13-10+. The van der Waals surface area contributed by atoms with E-state index >= 15 is 0 Å². The van der Waals surface area contributed by atoms with E-state index in [4.69, 9.17) is 0 Å². The number of carbonyl (C=O) groups excluding carboxylic acids is 3. The normalized spacial score (nSPS) is 10.3. The minimum atomic E-state index is -0.422. The Morgan fingerprint density at radius 3 is 2.44 bits per heavy atom. The van der Waals surface area contributed by atoms with Crippen molar-refractivity contribution in [1.29, 1.82) is 0 Å². The molecule has 0 aliphatic heterocycles. The number of rotatable bonds is 7. The Morgan fingerprint density at radius 2 is 1.78 bits per heavy atom. The highest BCUT2D eigenvalue weighted by molar-refractivity contribution is 6.07. The van der Waals surface area contributed by atoms with Crippen LogP contribution in [0.3, 0.4) is 0 Å². The van der Waals surface area contributed by atoms with Gasteiger partial charge in [0.05, 0.1) is 23.9 Å². The maximum Gasteiger partial charge on any atom is 0.337 e. The summed E-state index contributed by atoms with van der Waals surface area (Å²) in [6.07, 6.45) is 4.54. The fraction of sp³-hybridized carbons (Fsp3) is 0.0952. The lowest BCUT2D eigenvalue weighted by atomic mass is 10.1. The molecular formula is C21H20N2O4. The van der Waals surface area contributed by atoms with Crippen molar-refractivity contribution in [2.75, 3.05) is 19.0 Å². The van der Waals surface area contributed by atoms with Gasteiger partial charge in [0.2, 0.25) is 5.91 Å². The van der Waals surface area contributed by atoms with Gasteiger partial charge < -0.3 is 15.4 Å². The van der Waals surface area contributed by atoms with Crippen LogP contribution in [0.25, 0.3) is 6.08 Å². The van der Waals surface area contributed by atoms with Crippen LogP contribution in [-0.2, 0) is 9.53 Å². The van der Waals surface area contributed by atoms with Crippen molar-refractivity contribution >= 4 is 29.5 Å². The maximum atomic E-state index is 12.2. The van der Waals surface area contributed by atoms with Gasteiger partial charge in [-0.15, -0.1) is 6.58 Å². The second-order valence-corrected chi connectivity index (χ2v) is 5.48. The SMILES string of the molecule is C=CCNC(=O)c1ccccc1NC(=O)/C=C/c1ccc(C(=O)OC)cc1. The molecule has 0 saturated heterocycles. The average molecular weight is 364 g/mol. The van der Waals surface area contributed by atoms with Gasteiger partial charge in [0.15, 0.2) is 0 Å². The van der Waals surface area contributed by atoms with Gasteiger partial charge in [0.1, 0.15) is 0 Å². The monoisotopic (exact) mass is 364 g/mol. The molecule has 0 spiro atoms. The van der Waals surface area contributed by atoms with E-state index in [-0.39, 0.29) is 11.8 Å². The molecule has 0 heterocycles. The quantitative estimate of drug-likeness (QED) is 0.449. The van der Waals surface area contributed by atoms with Crippen molar-refractivity contribution in [1.82, 2.24) is 5.32 Å². The van der Waals surface area contributed by atoms with Crippen LogP contribution in [-0.4, -0.2) is 31.4 Å². The first-order valence-corrected chi connectivity index (χ1v) is 8.20. The zero-order valence-electron chi connectivity index (χ0n) is 14.9. The van der Waals surface area contributed by atoms with Crippen LogP contribution in [0, 0.1) is 0 Å². The number of hydrogen-bond acceptors (Lipinski definition) is 4. The molecule has 2 aromatic rings. The zero-order valence-corrected chi connectivity index (χ0v) is 14.9. The molecule has 0 fully saturated rings. The van der Waals surface area contributed by atoms with Gasteiger partial charge in [-0.2, -0.15) is 0 Å². The largest absolute Gasteiger partial charge is 0.465 e. The van der Waals surface area contributed by atoms with Crippen molar-refractivity contribution in [3.05, 3.63) is 84.0 Å². The summed E-state index contributed by atoms with van der Waals surface area (Å²) in [6.45, 7) is 3.89. The Hall–Kier alpha value is -3.67. The van der Waals surface area contributed by atoms with Gasteiger partial charge in [0, 0.05) is 12.6 Å². The number of methoxy groups -OCH3 is 1. The molecular weight excluding hydrogens is 344 g/mol. The predicted octanol–water partition coefficient (Wildman–Crippen LogP) is 3.04. The van der Waals surface area contributed by atoms with E-state index in [1.54, 1.807) is 60.7 Å². The molecule has 2 N–H and O–H groups in total. The second-order valence-electron chi connectivity index (χ2n) is 5.48. The van der Waals surface area contributed by atoms with E-state index in [0.717, 1.165) is 5.56 Å². The summed E-state index contributed by atoms with van der Waals surface area (Å²) in [5.74, 6) is -1.10. The van der Waals surface area contributed by atoms with Crippen LogP contribution in [0.5, 0.6) is 0 Å². The molecule has 0 saturated carbocycles. The first-order chi connectivity index (χ1) is 13.0. The van der Waals surface area contributed by atoms with E-state index in [2.05, 4.69) is 21.9 Å². The molecule has 2 aromatic carbocycles. The Kier molecular flexibility index (Phi) is 7.07. The summed E-state index contributed by atoms with van der Waals surface area (Å²) in [6, 6.07) is 13.4. The molecule has 0 unspecified atom stereocenters. The van der Waals surface area contributed by atoms with Crippen molar-refractivity contribution in [2.45, 2.75) is 0 Å². The number of para-hydroxylation sites is 1. The maximum absolute atomic E-state index is 12.2. The molecule has 6 nitrogen and oxygen atoms in total. The molecule has 27 heavy (non-hydrogen) atoms. The minimum absolute atomic E-state index is 0.298. The Labute approximate surface area is 157 Å². The summed E-state index contributed by atoms with van der Waals surface area (Å²) in [5, 5.41) is 5.37. The van der Waals surface area contributed by atoms with E-state index in [0.29, 0.717) is 23.4 Å². The second kappa shape index (κ2) is 9.72. The molecule has 2 amide bonds. The van der Waals surface area contributed by atoms with Crippen molar-refractivity contribution in [2.24, 2.45) is 0 Å². The molecule has 0 bridgehead atoms. The number of benzene rings is 2. The fourth-order valence-corrected chi connectivity index (χ4v) is 2.24. The third kappa shape index (κ3) is 5.67. The lowest BCUT2D eigenvalue weighted by molar-refractivity contribution is -0.111. The molecule has 0 aliphatic rings. The summed E-state index contributed by atoms with van der Waals surface area (Å²) in [7, 11) is 1.32. The molecule has 0 radical (unpaired) electrons. The molecule has 0 aliphatic carbocycles. The van der Waals surface area contributed by atoms with Gasteiger partial charge in [-0.25, -0.2) is 4.79 Å². The minimum Gasteiger partial charge on any atom is -0.465 e. The highest BCUT2D eigenvalue weighted by atomic mass is 16.5. The zero-order chi connectivity index (χ0) is 19.6. The topological polar surface area (TPSA) is 84.5 Å². The van der Waals surface area contributed by atoms with Crippen molar-refractivity contribution in [3.63, 3.8) is 0 Å². The fourth-order valence-electron chi connectivity index (χ4n) is 2.24. The van der Waals surface area contributed by atoms with Crippen LogP contribution in [0.4, 0.5) is 5.69 Å². The molecule has 138 valence electrons. The number of amides is 2.